The molecular formula is C13H26N2O. The summed E-state index contributed by atoms with van der Waals surface area (Å²) in [6.07, 6.45) is 5.44. The molecule has 2 saturated carbocycles. The van der Waals surface area contributed by atoms with E-state index in [1.807, 2.05) is 0 Å². The van der Waals surface area contributed by atoms with Gasteiger partial charge in [-0.1, -0.05) is 0 Å². The number of nitrogens with two attached hydrogens (primary N) is 1. The topological polar surface area (TPSA) is 38.5 Å². The Bertz CT molecular complexity index is 226. The molecule has 0 aromatic rings. The van der Waals surface area contributed by atoms with Crippen molar-refractivity contribution in [1.29, 1.82) is 0 Å². The summed E-state index contributed by atoms with van der Waals surface area (Å²) in [5.41, 5.74) is 6.13. The monoisotopic (exact) mass is 226 g/mol. The Morgan fingerprint density at radius 2 is 2.00 bits per heavy atom. The highest BCUT2D eigenvalue weighted by Gasteiger charge is 2.43. The Labute approximate surface area is 99.3 Å². The van der Waals surface area contributed by atoms with Crippen LogP contribution >= 0.6 is 0 Å². The maximum absolute atomic E-state index is 5.93. The number of hydrogen-bond acceptors (Lipinski definition) is 3. The molecular weight excluding hydrogens is 200 g/mol. The molecule has 94 valence electrons. The van der Waals surface area contributed by atoms with Gasteiger partial charge < -0.3 is 10.5 Å². The third-order valence-corrected chi connectivity index (χ3v) is 4.36. The summed E-state index contributed by atoms with van der Waals surface area (Å²) in [6, 6.07) is 0. The van der Waals surface area contributed by atoms with E-state index in [9.17, 15) is 0 Å². The first-order chi connectivity index (χ1) is 7.66. The van der Waals surface area contributed by atoms with Crippen LogP contribution in [0.3, 0.4) is 0 Å². The van der Waals surface area contributed by atoms with Crippen molar-refractivity contribution >= 4 is 0 Å². The minimum atomic E-state index is 0.197. The molecule has 2 aliphatic rings. The van der Waals surface area contributed by atoms with Gasteiger partial charge in [0.25, 0.3) is 0 Å². The zero-order chi connectivity index (χ0) is 11.6. The van der Waals surface area contributed by atoms with Crippen LogP contribution in [0.5, 0.6) is 0 Å². The molecule has 0 aromatic heterocycles. The molecule has 3 nitrogen and oxygen atoms in total. The minimum absolute atomic E-state index is 0.197. The SMILES string of the molecule is CN(CCOCC1CC1)C(C)(CN)C1CC1. The van der Waals surface area contributed by atoms with Gasteiger partial charge in [0, 0.05) is 25.2 Å². The van der Waals surface area contributed by atoms with Crippen LogP contribution in [0.15, 0.2) is 0 Å². The number of likely N-dealkylation sites (N-methyl/N-ethyl adjacent to an activating group) is 1. The van der Waals surface area contributed by atoms with Gasteiger partial charge in [-0.05, 0) is 51.5 Å². The fourth-order valence-electron chi connectivity index (χ4n) is 2.33. The maximum Gasteiger partial charge on any atom is 0.0593 e. The molecule has 16 heavy (non-hydrogen) atoms. The highest BCUT2D eigenvalue weighted by molar-refractivity contribution is 4.99. The molecule has 0 aliphatic heterocycles. The van der Waals surface area contributed by atoms with Crippen molar-refractivity contribution in [2.45, 2.75) is 38.1 Å². The van der Waals surface area contributed by atoms with E-state index in [0.717, 1.165) is 38.1 Å². The van der Waals surface area contributed by atoms with E-state index in [4.69, 9.17) is 10.5 Å². The minimum Gasteiger partial charge on any atom is -0.380 e. The van der Waals surface area contributed by atoms with E-state index < -0.39 is 0 Å². The van der Waals surface area contributed by atoms with Crippen LogP contribution in [0, 0.1) is 11.8 Å². The number of ether oxygens (including phenoxy) is 1. The lowest BCUT2D eigenvalue weighted by Crippen LogP contribution is -2.52. The van der Waals surface area contributed by atoms with Gasteiger partial charge in [0.05, 0.1) is 6.61 Å². The summed E-state index contributed by atoms with van der Waals surface area (Å²) in [4.78, 5) is 2.40. The normalized spacial score (nSPS) is 24.8. The molecule has 0 saturated heterocycles. The summed E-state index contributed by atoms with van der Waals surface area (Å²) in [5.74, 6) is 1.68. The molecule has 0 radical (unpaired) electrons. The smallest absolute Gasteiger partial charge is 0.0593 e. The largest absolute Gasteiger partial charge is 0.380 e. The first-order valence-electron chi connectivity index (χ1n) is 6.66. The van der Waals surface area contributed by atoms with Crippen molar-refractivity contribution < 1.29 is 4.74 Å². The Hall–Kier alpha value is -0.120. The fraction of sp³-hybridized carbons (Fsp3) is 1.00. The summed E-state index contributed by atoms with van der Waals surface area (Å²) >= 11 is 0. The lowest BCUT2D eigenvalue weighted by Gasteiger charge is -2.38. The number of nitrogens with zero attached hydrogens (tertiary/aromatic N) is 1. The predicted octanol–water partition coefficient (Wildman–Crippen LogP) is 1.47. The van der Waals surface area contributed by atoms with E-state index in [-0.39, 0.29) is 5.54 Å². The van der Waals surface area contributed by atoms with Gasteiger partial charge in [-0.25, -0.2) is 0 Å². The summed E-state index contributed by atoms with van der Waals surface area (Å²) in [6.45, 7) is 5.89. The Balaban J connectivity index is 1.65. The van der Waals surface area contributed by atoms with Gasteiger partial charge in [-0.15, -0.1) is 0 Å². The van der Waals surface area contributed by atoms with E-state index in [1.54, 1.807) is 0 Å². The molecule has 2 aliphatic carbocycles. The molecule has 1 unspecified atom stereocenters. The Morgan fingerprint density at radius 1 is 1.31 bits per heavy atom. The van der Waals surface area contributed by atoms with Gasteiger partial charge in [0.1, 0.15) is 0 Å². The molecule has 1 atom stereocenters. The molecule has 2 N–H and O–H groups in total. The van der Waals surface area contributed by atoms with Crippen LogP contribution in [0.2, 0.25) is 0 Å². The van der Waals surface area contributed by atoms with Crippen LogP contribution in [0.1, 0.15) is 32.6 Å². The van der Waals surface area contributed by atoms with E-state index in [1.165, 1.54) is 25.7 Å². The van der Waals surface area contributed by atoms with Crippen LogP contribution in [0.4, 0.5) is 0 Å². The lowest BCUT2D eigenvalue weighted by atomic mass is 9.94. The Kier molecular flexibility index (Phi) is 3.88. The van der Waals surface area contributed by atoms with E-state index >= 15 is 0 Å². The zero-order valence-corrected chi connectivity index (χ0v) is 10.7. The molecule has 0 aromatic carbocycles. The summed E-state index contributed by atoms with van der Waals surface area (Å²) < 4.78 is 5.69. The van der Waals surface area contributed by atoms with Crippen molar-refractivity contribution in [3.8, 4) is 0 Å². The van der Waals surface area contributed by atoms with E-state index in [2.05, 4.69) is 18.9 Å². The van der Waals surface area contributed by atoms with Crippen molar-refractivity contribution in [3.05, 3.63) is 0 Å². The molecule has 0 spiro atoms. The molecule has 2 fully saturated rings. The predicted molar refractivity (Wildman–Crippen MR) is 66.4 cm³/mol. The highest BCUT2D eigenvalue weighted by atomic mass is 16.5. The highest BCUT2D eigenvalue weighted by Crippen LogP contribution is 2.41. The van der Waals surface area contributed by atoms with Crippen LogP contribution in [-0.4, -0.2) is 43.8 Å². The number of rotatable bonds is 8. The quantitative estimate of drug-likeness (QED) is 0.637. The molecule has 0 heterocycles. The average Bonchev–Trinajstić information content (AvgIpc) is 3.15. The molecule has 2 rings (SSSR count). The second-order valence-corrected chi connectivity index (χ2v) is 5.78. The lowest BCUT2D eigenvalue weighted by molar-refractivity contribution is 0.0567. The van der Waals surface area contributed by atoms with Crippen LogP contribution in [0.25, 0.3) is 0 Å². The first-order valence-corrected chi connectivity index (χ1v) is 6.66. The first kappa shape index (κ1) is 12.3. The second-order valence-electron chi connectivity index (χ2n) is 5.78. The second kappa shape index (κ2) is 5.03. The van der Waals surface area contributed by atoms with Gasteiger partial charge in [0.2, 0.25) is 0 Å². The third kappa shape index (κ3) is 2.96. The van der Waals surface area contributed by atoms with Gasteiger partial charge in [0.15, 0.2) is 0 Å². The van der Waals surface area contributed by atoms with Crippen LogP contribution < -0.4 is 5.73 Å². The van der Waals surface area contributed by atoms with Crippen LogP contribution in [-0.2, 0) is 4.74 Å². The molecule has 0 amide bonds. The zero-order valence-electron chi connectivity index (χ0n) is 10.7. The standard InChI is InChI=1S/C13H26N2O/c1-13(10-14,12-5-6-12)15(2)7-8-16-9-11-3-4-11/h11-12H,3-10,14H2,1-2H3. The average molecular weight is 226 g/mol. The summed E-state index contributed by atoms with van der Waals surface area (Å²) in [5, 5.41) is 0. The van der Waals surface area contributed by atoms with Gasteiger partial charge in [-0.3, -0.25) is 4.90 Å². The van der Waals surface area contributed by atoms with Crippen molar-refractivity contribution in [3.63, 3.8) is 0 Å². The van der Waals surface area contributed by atoms with Crippen molar-refractivity contribution in [1.82, 2.24) is 4.90 Å². The van der Waals surface area contributed by atoms with Crippen molar-refractivity contribution in [2.24, 2.45) is 17.6 Å². The maximum atomic E-state index is 5.93. The Morgan fingerprint density at radius 3 is 2.50 bits per heavy atom. The summed E-state index contributed by atoms with van der Waals surface area (Å²) in [7, 11) is 2.19. The molecule has 3 heteroatoms. The van der Waals surface area contributed by atoms with Gasteiger partial charge >= 0.3 is 0 Å². The number of hydrogen-bond donors (Lipinski definition) is 1. The third-order valence-electron chi connectivity index (χ3n) is 4.36. The fourth-order valence-corrected chi connectivity index (χ4v) is 2.33. The van der Waals surface area contributed by atoms with Gasteiger partial charge in [-0.2, -0.15) is 0 Å². The van der Waals surface area contributed by atoms with E-state index in [0.29, 0.717) is 0 Å². The van der Waals surface area contributed by atoms with Crippen molar-refractivity contribution in [2.75, 3.05) is 33.4 Å². The molecule has 0 bridgehead atoms.